The molecular formula is C11H17BrN2O2S. The normalized spacial score (nSPS) is 11.7. The van der Waals surface area contributed by atoms with Gasteiger partial charge >= 0.3 is 0 Å². The molecule has 1 aromatic carbocycles. The van der Waals surface area contributed by atoms with Gasteiger partial charge in [-0.15, -0.1) is 0 Å². The van der Waals surface area contributed by atoms with E-state index in [2.05, 4.69) is 26.0 Å². The molecule has 0 heterocycles. The molecule has 6 heteroatoms. The number of benzene rings is 1. The smallest absolute Gasteiger partial charge is 0.240 e. The molecule has 0 aliphatic heterocycles. The summed E-state index contributed by atoms with van der Waals surface area (Å²) in [7, 11) is -3.40. The topological polar surface area (TPSA) is 58.2 Å². The molecule has 0 radical (unpaired) electrons. The van der Waals surface area contributed by atoms with Crippen molar-refractivity contribution < 1.29 is 8.42 Å². The highest BCUT2D eigenvalue weighted by atomic mass is 79.9. The highest BCUT2D eigenvalue weighted by molar-refractivity contribution is 9.10. The summed E-state index contributed by atoms with van der Waals surface area (Å²) in [4.78, 5) is 0.284. The Kier molecular flexibility index (Phi) is 5.58. The minimum atomic E-state index is -3.40. The van der Waals surface area contributed by atoms with Gasteiger partial charge in [0.05, 0.1) is 4.90 Å². The SMILES string of the molecule is CCNCCNS(=O)(=O)c1ccc(C)c(Br)c1. The van der Waals surface area contributed by atoms with Crippen LogP contribution in [0.2, 0.25) is 0 Å². The molecule has 0 amide bonds. The molecule has 0 fully saturated rings. The van der Waals surface area contributed by atoms with Gasteiger partial charge in [0.15, 0.2) is 0 Å². The van der Waals surface area contributed by atoms with E-state index in [0.717, 1.165) is 16.6 Å². The average molecular weight is 321 g/mol. The largest absolute Gasteiger partial charge is 0.316 e. The minimum Gasteiger partial charge on any atom is -0.316 e. The lowest BCUT2D eigenvalue weighted by atomic mass is 10.2. The molecule has 1 aromatic rings. The molecule has 17 heavy (non-hydrogen) atoms. The number of aryl methyl sites for hydroxylation is 1. The first-order valence-electron chi connectivity index (χ1n) is 5.44. The number of rotatable bonds is 6. The Morgan fingerprint density at radius 1 is 1.29 bits per heavy atom. The Hall–Kier alpha value is -0.430. The lowest BCUT2D eigenvalue weighted by Gasteiger charge is -2.08. The maximum Gasteiger partial charge on any atom is 0.240 e. The molecule has 0 atom stereocenters. The van der Waals surface area contributed by atoms with Crippen molar-refractivity contribution in [2.75, 3.05) is 19.6 Å². The quantitative estimate of drug-likeness (QED) is 0.783. The first-order valence-corrected chi connectivity index (χ1v) is 7.71. The Bertz CT molecular complexity index is 474. The summed E-state index contributed by atoms with van der Waals surface area (Å²) >= 11 is 3.33. The Morgan fingerprint density at radius 2 is 2.00 bits per heavy atom. The van der Waals surface area contributed by atoms with E-state index in [1.54, 1.807) is 18.2 Å². The van der Waals surface area contributed by atoms with Gasteiger partial charge in [-0.2, -0.15) is 0 Å². The molecule has 4 nitrogen and oxygen atoms in total. The van der Waals surface area contributed by atoms with Gasteiger partial charge in [-0.25, -0.2) is 13.1 Å². The summed E-state index contributed by atoms with van der Waals surface area (Å²) in [6.45, 7) is 5.74. The van der Waals surface area contributed by atoms with Crippen LogP contribution in [0, 0.1) is 6.92 Å². The van der Waals surface area contributed by atoms with Crippen LogP contribution in [0.3, 0.4) is 0 Å². The first-order chi connectivity index (χ1) is 7.97. The molecule has 0 aliphatic rings. The number of nitrogens with one attached hydrogen (secondary N) is 2. The Balaban J connectivity index is 2.72. The molecule has 0 aromatic heterocycles. The lowest BCUT2D eigenvalue weighted by Crippen LogP contribution is -2.31. The van der Waals surface area contributed by atoms with Gasteiger partial charge in [0, 0.05) is 17.6 Å². The van der Waals surface area contributed by atoms with E-state index < -0.39 is 10.0 Å². The Morgan fingerprint density at radius 3 is 2.59 bits per heavy atom. The van der Waals surface area contributed by atoms with Gasteiger partial charge < -0.3 is 5.32 Å². The predicted molar refractivity (Wildman–Crippen MR) is 72.6 cm³/mol. The molecule has 0 saturated carbocycles. The van der Waals surface area contributed by atoms with Gasteiger partial charge in [-0.1, -0.05) is 28.9 Å². The zero-order valence-corrected chi connectivity index (χ0v) is 12.4. The number of likely N-dealkylation sites (N-methyl/N-ethyl adjacent to an activating group) is 1. The summed E-state index contributed by atoms with van der Waals surface area (Å²) < 4.78 is 27.1. The first kappa shape index (κ1) is 14.6. The molecule has 1 rings (SSSR count). The van der Waals surface area contributed by atoms with E-state index in [1.807, 2.05) is 13.8 Å². The summed E-state index contributed by atoms with van der Waals surface area (Å²) in [5.41, 5.74) is 1.01. The van der Waals surface area contributed by atoms with E-state index in [-0.39, 0.29) is 4.90 Å². The van der Waals surface area contributed by atoms with Crippen LogP contribution in [-0.4, -0.2) is 28.1 Å². The van der Waals surface area contributed by atoms with Gasteiger partial charge in [0.25, 0.3) is 0 Å². The third-order valence-electron chi connectivity index (χ3n) is 2.30. The van der Waals surface area contributed by atoms with Gasteiger partial charge in [-0.3, -0.25) is 0 Å². The van der Waals surface area contributed by atoms with Crippen molar-refractivity contribution in [2.45, 2.75) is 18.7 Å². The molecule has 2 N–H and O–H groups in total. The van der Waals surface area contributed by atoms with E-state index in [9.17, 15) is 8.42 Å². The van der Waals surface area contributed by atoms with Crippen molar-refractivity contribution in [2.24, 2.45) is 0 Å². The van der Waals surface area contributed by atoms with Crippen molar-refractivity contribution in [1.82, 2.24) is 10.0 Å². The average Bonchev–Trinajstić information content (AvgIpc) is 2.28. The fraction of sp³-hybridized carbons (Fsp3) is 0.455. The fourth-order valence-electron chi connectivity index (χ4n) is 1.27. The van der Waals surface area contributed by atoms with Crippen LogP contribution >= 0.6 is 15.9 Å². The van der Waals surface area contributed by atoms with Gasteiger partial charge in [0.1, 0.15) is 0 Å². The van der Waals surface area contributed by atoms with Crippen LogP contribution in [0.25, 0.3) is 0 Å². The van der Waals surface area contributed by atoms with Crippen molar-refractivity contribution in [1.29, 1.82) is 0 Å². The lowest BCUT2D eigenvalue weighted by molar-refractivity contribution is 0.577. The zero-order valence-electron chi connectivity index (χ0n) is 9.96. The molecule has 0 bridgehead atoms. The molecule has 96 valence electrons. The van der Waals surface area contributed by atoms with Crippen LogP contribution < -0.4 is 10.0 Å². The number of hydrogen-bond donors (Lipinski definition) is 2. The fourth-order valence-corrected chi connectivity index (χ4v) is 2.86. The summed E-state index contributed by atoms with van der Waals surface area (Å²) in [6.07, 6.45) is 0. The standard InChI is InChI=1S/C11H17BrN2O2S/c1-3-13-6-7-14-17(15,16)10-5-4-9(2)11(12)8-10/h4-5,8,13-14H,3,6-7H2,1-2H3. The van der Waals surface area contributed by atoms with E-state index in [1.165, 1.54) is 0 Å². The molecule has 0 spiro atoms. The van der Waals surface area contributed by atoms with Gasteiger partial charge in [-0.05, 0) is 31.2 Å². The minimum absolute atomic E-state index is 0.284. The van der Waals surface area contributed by atoms with Crippen molar-refractivity contribution in [3.05, 3.63) is 28.2 Å². The highest BCUT2D eigenvalue weighted by Gasteiger charge is 2.13. The van der Waals surface area contributed by atoms with Crippen molar-refractivity contribution >= 4 is 26.0 Å². The highest BCUT2D eigenvalue weighted by Crippen LogP contribution is 2.20. The van der Waals surface area contributed by atoms with Crippen molar-refractivity contribution in [3.63, 3.8) is 0 Å². The van der Waals surface area contributed by atoms with E-state index >= 15 is 0 Å². The van der Waals surface area contributed by atoms with Crippen LogP contribution in [0.4, 0.5) is 0 Å². The summed E-state index contributed by atoms with van der Waals surface area (Å²) in [6, 6.07) is 5.00. The molecule has 0 saturated heterocycles. The molecular weight excluding hydrogens is 304 g/mol. The van der Waals surface area contributed by atoms with Crippen LogP contribution in [0.1, 0.15) is 12.5 Å². The maximum atomic E-state index is 11.9. The van der Waals surface area contributed by atoms with Gasteiger partial charge in [0.2, 0.25) is 10.0 Å². The van der Waals surface area contributed by atoms with Crippen molar-refractivity contribution in [3.8, 4) is 0 Å². The summed E-state index contributed by atoms with van der Waals surface area (Å²) in [5, 5.41) is 3.06. The van der Waals surface area contributed by atoms with Crippen LogP contribution in [-0.2, 0) is 10.0 Å². The molecule has 0 aliphatic carbocycles. The third kappa shape index (κ3) is 4.39. The zero-order chi connectivity index (χ0) is 12.9. The second kappa shape index (κ2) is 6.49. The van der Waals surface area contributed by atoms with E-state index in [4.69, 9.17) is 0 Å². The maximum absolute atomic E-state index is 11.9. The Labute approximate surface area is 111 Å². The monoisotopic (exact) mass is 320 g/mol. The third-order valence-corrected chi connectivity index (χ3v) is 4.61. The summed E-state index contributed by atoms with van der Waals surface area (Å²) in [5.74, 6) is 0. The van der Waals surface area contributed by atoms with Crippen LogP contribution in [0.15, 0.2) is 27.6 Å². The number of halogens is 1. The van der Waals surface area contributed by atoms with E-state index in [0.29, 0.717) is 13.1 Å². The second-order valence-electron chi connectivity index (χ2n) is 3.66. The van der Waals surface area contributed by atoms with Crippen LogP contribution in [0.5, 0.6) is 0 Å². The molecule has 0 unspecified atom stereocenters. The number of sulfonamides is 1. The second-order valence-corrected chi connectivity index (χ2v) is 6.28. The number of hydrogen-bond acceptors (Lipinski definition) is 3. The predicted octanol–water partition coefficient (Wildman–Crippen LogP) is 1.65.